The molecule has 3 nitrogen and oxygen atoms in total. The molecule has 0 aliphatic rings. The fourth-order valence-electron chi connectivity index (χ4n) is 4.39. The minimum Gasteiger partial charge on any atom is -0.339 e. The van der Waals surface area contributed by atoms with Crippen LogP contribution in [0.25, 0.3) is 38.7 Å². The zero-order valence-corrected chi connectivity index (χ0v) is 18.4. The van der Waals surface area contributed by atoms with Gasteiger partial charge in [-0.15, -0.1) is 0 Å². The Bertz CT molecular complexity index is 1520. The number of rotatable bonds is 4. The number of imidazole rings is 1. The number of nitrogens with zero attached hydrogens (tertiary/aromatic N) is 2. The number of benzene rings is 4. The molecule has 6 rings (SSSR count). The molecule has 0 spiro atoms. The van der Waals surface area contributed by atoms with Gasteiger partial charge in [0.05, 0.1) is 6.20 Å². The number of pyridine rings is 1. The van der Waals surface area contributed by atoms with Crippen LogP contribution in [-0.4, -0.2) is 9.38 Å². The second-order valence-corrected chi connectivity index (χ2v) is 8.42. The Morgan fingerprint density at radius 3 is 2.00 bits per heavy atom. The van der Waals surface area contributed by atoms with Gasteiger partial charge in [0.25, 0.3) is 0 Å². The van der Waals surface area contributed by atoms with Gasteiger partial charge in [-0.2, -0.15) is 0 Å². The van der Waals surface area contributed by atoms with Gasteiger partial charge in [0.1, 0.15) is 11.5 Å². The van der Waals surface area contributed by atoms with Crippen molar-refractivity contribution in [2.45, 2.75) is 6.92 Å². The first-order valence-corrected chi connectivity index (χ1v) is 11.1. The van der Waals surface area contributed by atoms with Gasteiger partial charge in [0.15, 0.2) is 0 Å². The fourth-order valence-corrected chi connectivity index (χ4v) is 4.39. The molecule has 2 heterocycles. The minimum absolute atomic E-state index is 0.826. The van der Waals surface area contributed by atoms with Gasteiger partial charge in [-0.05, 0) is 58.8 Å². The smallest absolute Gasteiger partial charge is 0.149 e. The third-order valence-corrected chi connectivity index (χ3v) is 6.01. The molecular weight excluding hydrogens is 402 g/mol. The molecule has 33 heavy (non-hydrogen) atoms. The average Bonchev–Trinajstić information content (AvgIpc) is 3.27. The average molecular weight is 426 g/mol. The molecule has 0 atom stereocenters. The first-order chi connectivity index (χ1) is 16.2. The van der Waals surface area contributed by atoms with Crippen molar-refractivity contribution >= 4 is 27.9 Å². The van der Waals surface area contributed by atoms with E-state index in [0.717, 1.165) is 22.5 Å². The Morgan fingerprint density at radius 2 is 1.33 bits per heavy atom. The van der Waals surface area contributed by atoms with Gasteiger partial charge in [0, 0.05) is 17.3 Å². The molecule has 0 radical (unpaired) electrons. The molecule has 4 aromatic carbocycles. The van der Waals surface area contributed by atoms with Crippen molar-refractivity contribution < 1.29 is 0 Å². The van der Waals surface area contributed by atoms with Crippen molar-refractivity contribution in [1.82, 2.24) is 9.38 Å². The van der Waals surface area contributed by atoms with E-state index in [1.807, 2.05) is 18.3 Å². The van der Waals surface area contributed by atoms with Crippen LogP contribution in [0.5, 0.6) is 0 Å². The number of hydrogen-bond acceptors (Lipinski definition) is 2. The van der Waals surface area contributed by atoms with Crippen LogP contribution in [0.4, 0.5) is 11.5 Å². The van der Waals surface area contributed by atoms with Crippen molar-refractivity contribution in [3.8, 4) is 22.3 Å². The molecule has 0 saturated heterocycles. The van der Waals surface area contributed by atoms with Crippen LogP contribution < -0.4 is 5.32 Å². The number of fused-ring (bicyclic) bond motifs is 3. The number of aryl methyl sites for hydroxylation is 1. The van der Waals surface area contributed by atoms with Gasteiger partial charge in [-0.3, -0.25) is 0 Å². The standard InChI is InChI=1S/C30H23N3/c1-21-12-13-28-24(16-21)14-15-33-20-29(32-30(28)33)31-27-18-25(22-8-4-2-5-9-22)17-26(19-27)23-10-6-3-7-11-23/h2-20,31H,1H3. The van der Waals surface area contributed by atoms with Crippen LogP contribution >= 0.6 is 0 Å². The van der Waals surface area contributed by atoms with Crippen LogP contribution in [0, 0.1) is 6.92 Å². The predicted molar refractivity (Wildman–Crippen MR) is 138 cm³/mol. The first-order valence-electron chi connectivity index (χ1n) is 11.1. The molecule has 0 aliphatic heterocycles. The lowest BCUT2D eigenvalue weighted by molar-refractivity contribution is 1.20. The lowest BCUT2D eigenvalue weighted by atomic mass is 9.98. The molecule has 0 saturated carbocycles. The second kappa shape index (κ2) is 7.95. The van der Waals surface area contributed by atoms with Crippen molar-refractivity contribution in [2.24, 2.45) is 0 Å². The molecule has 0 bridgehead atoms. The Hall–Kier alpha value is -4.37. The predicted octanol–water partition coefficient (Wildman–Crippen LogP) is 7.87. The summed E-state index contributed by atoms with van der Waals surface area (Å²) in [6.07, 6.45) is 4.12. The first kappa shape index (κ1) is 19.3. The molecule has 2 aromatic heterocycles. The van der Waals surface area contributed by atoms with Crippen LogP contribution in [0.15, 0.2) is 116 Å². The molecule has 6 aromatic rings. The quantitative estimate of drug-likeness (QED) is 0.311. The van der Waals surface area contributed by atoms with Crippen molar-refractivity contribution in [2.75, 3.05) is 5.32 Å². The molecule has 158 valence electrons. The largest absolute Gasteiger partial charge is 0.339 e. The summed E-state index contributed by atoms with van der Waals surface area (Å²) in [5, 5.41) is 5.92. The maximum atomic E-state index is 4.92. The van der Waals surface area contributed by atoms with E-state index in [9.17, 15) is 0 Å². The summed E-state index contributed by atoms with van der Waals surface area (Å²) < 4.78 is 2.08. The molecular formula is C30H23N3. The van der Waals surface area contributed by atoms with Gasteiger partial charge in [-0.1, -0.05) is 84.4 Å². The van der Waals surface area contributed by atoms with Crippen LogP contribution in [0.1, 0.15) is 5.56 Å². The molecule has 3 heteroatoms. The van der Waals surface area contributed by atoms with Crippen LogP contribution in [0.2, 0.25) is 0 Å². The van der Waals surface area contributed by atoms with E-state index in [4.69, 9.17) is 4.98 Å². The lowest BCUT2D eigenvalue weighted by Gasteiger charge is -2.11. The minimum atomic E-state index is 0.826. The Labute approximate surface area is 193 Å². The normalized spacial score (nSPS) is 11.2. The number of anilines is 2. The van der Waals surface area contributed by atoms with Gasteiger partial charge in [0.2, 0.25) is 0 Å². The molecule has 0 aliphatic carbocycles. The summed E-state index contributed by atoms with van der Waals surface area (Å²) in [5.74, 6) is 0.826. The highest BCUT2D eigenvalue weighted by Gasteiger charge is 2.09. The summed E-state index contributed by atoms with van der Waals surface area (Å²) in [4.78, 5) is 4.92. The van der Waals surface area contributed by atoms with E-state index in [1.54, 1.807) is 0 Å². The monoisotopic (exact) mass is 425 g/mol. The molecule has 1 N–H and O–H groups in total. The summed E-state index contributed by atoms with van der Waals surface area (Å²) in [7, 11) is 0. The highest BCUT2D eigenvalue weighted by Crippen LogP contribution is 2.32. The third kappa shape index (κ3) is 3.74. The van der Waals surface area contributed by atoms with Gasteiger partial charge in [-0.25, -0.2) is 4.98 Å². The summed E-state index contributed by atoms with van der Waals surface area (Å²) in [6, 6.07) is 36.2. The Kier molecular flexibility index (Phi) is 4.66. The molecule has 0 fully saturated rings. The van der Waals surface area contributed by atoms with Gasteiger partial charge >= 0.3 is 0 Å². The number of hydrogen-bond donors (Lipinski definition) is 1. The summed E-state index contributed by atoms with van der Waals surface area (Å²) in [5.41, 5.74) is 7.94. The van der Waals surface area contributed by atoms with E-state index >= 15 is 0 Å². The van der Waals surface area contributed by atoms with Gasteiger partial charge < -0.3 is 9.72 Å². The third-order valence-electron chi connectivity index (χ3n) is 6.01. The maximum absolute atomic E-state index is 4.92. The summed E-state index contributed by atoms with van der Waals surface area (Å²) >= 11 is 0. The highest BCUT2D eigenvalue weighted by atomic mass is 15.1. The fraction of sp³-hybridized carbons (Fsp3) is 0.0333. The number of nitrogens with one attached hydrogen (secondary N) is 1. The van der Waals surface area contributed by atoms with E-state index in [2.05, 4.69) is 114 Å². The Balaban J connectivity index is 1.45. The topological polar surface area (TPSA) is 29.3 Å². The van der Waals surface area contributed by atoms with E-state index < -0.39 is 0 Å². The van der Waals surface area contributed by atoms with E-state index in [-0.39, 0.29) is 0 Å². The van der Waals surface area contributed by atoms with Crippen molar-refractivity contribution in [3.05, 3.63) is 121 Å². The zero-order valence-electron chi connectivity index (χ0n) is 18.4. The van der Waals surface area contributed by atoms with Crippen LogP contribution in [0.3, 0.4) is 0 Å². The lowest BCUT2D eigenvalue weighted by Crippen LogP contribution is -1.92. The maximum Gasteiger partial charge on any atom is 0.149 e. The van der Waals surface area contributed by atoms with Crippen LogP contribution in [-0.2, 0) is 0 Å². The second-order valence-electron chi connectivity index (χ2n) is 8.42. The summed E-state index contributed by atoms with van der Waals surface area (Å²) in [6.45, 7) is 2.12. The number of aromatic nitrogens is 2. The molecule has 0 amide bonds. The van der Waals surface area contributed by atoms with E-state index in [0.29, 0.717) is 0 Å². The van der Waals surface area contributed by atoms with Crippen molar-refractivity contribution in [3.63, 3.8) is 0 Å². The van der Waals surface area contributed by atoms with E-state index in [1.165, 1.54) is 33.2 Å². The molecule has 0 unspecified atom stereocenters. The SMILES string of the molecule is Cc1ccc2c(ccn3cc(Nc4cc(-c5ccccc5)cc(-c5ccccc5)c4)nc23)c1. The van der Waals surface area contributed by atoms with Crippen molar-refractivity contribution in [1.29, 1.82) is 0 Å². The Morgan fingerprint density at radius 1 is 0.667 bits per heavy atom. The highest BCUT2D eigenvalue weighted by molar-refractivity contribution is 5.95. The zero-order chi connectivity index (χ0) is 22.2.